The molecule has 3 N–H and O–H groups in total. The number of esters is 4. The predicted molar refractivity (Wildman–Crippen MR) is 436 cm³/mol. The van der Waals surface area contributed by atoms with Gasteiger partial charge in [-0.15, -0.1) is 0 Å². The smallest absolute Gasteiger partial charge is 0.462 e. The van der Waals surface area contributed by atoms with Crippen LogP contribution in [0.25, 0.3) is 0 Å². The normalized spacial score (nSPS) is 14.9. The second kappa shape index (κ2) is 77.1. The molecule has 0 aromatic rings. The van der Waals surface area contributed by atoms with E-state index in [4.69, 9.17) is 37.0 Å². The van der Waals surface area contributed by atoms with Crippen molar-refractivity contribution in [2.75, 3.05) is 39.6 Å². The first kappa shape index (κ1) is 99.9. The van der Waals surface area contributed by atoms with Gasteiger partial charge < -0.3 is 33.8 Å². The van der Waals surface area contributed by atoms with Crippen molar-refractivity contribution in [1.29, 1.82) is 0 Å². The fourth-order valence-electron chi connectivity index (χ4n) is 9.68. The third kappa shape index (κ3) is 76.1. The number of phosphoric acid groups is 2. The number of unbranched alkanes of at least 4 members (excludes halogenated alkanes) is 14. The summed E-state index contributed by atoms with van der Waals surface area (Å²) in [6.07, 6.45) is 94.3. The summed E-state index contributed by atoms with van der Waals surface area (Å²) in [6, 6.07) is 0. The van der Waals surface area contributed by atoms with Crippen molar-refractivity contribution in [3.8, 4) is 0 Å². The zero-order valence-corrected chi connectivity index (χ0v) is 67.1. The van der Waals surface area contributed by atoms with Crippen LogP contribution in [0.3, 0.4) is 0 Å². The maximum Gasteiger partial charge on any atom is 0.472 e. The van der Waals surface area contributed by atoms with Gasteiger partial charge in [-0.25, -0.2) is 9.13 Å². The third-order valence-corrected chi connectivity index (χ3v) is 17.5. The zero-order chi connectivity index (χ0) is 77.4. The van der Waals surface area contributed by atoms with Gasteiger partial charge in [-0.3, -0.25) is 37.3 Å². The summed E-state index contributed by atoms with van der Waals surface area (Å²) in [4.78, 5) is 73.0. The first-order chi connectivity index (χ1) is 51.7. The van der Waals surface area contributed by atoms with Gasteiger partial charge in [0.1, 0.15) is 19.3 Å². The number of phosphoric ester groups is 2. The van der Waals surface area contributed by atoms with Crippen molar-refractivity contribution >= 4 is 39.5 Å². The Bertz CT molecular complexity index is 2780. The van der Waals surface area contributed by atoms with E-state index in [-0.39, 0.29) is 25.7 Å². The summed E-state index contributed by atoms with van der Waals surface area (Å²) in [5, 5.41) is 10.6. The quantitative estimate of drug-likeness (QED) is 0.0169. The first-order valence-corrected chi connectivity index (χ1v) is 42.7. The molecule has 0 spiro atoms. The molecule has 0 aromatic carbocycles. The number of rotatable bonds is 72. The second-order valence-corrected chi connectivity index (χ2v) is 28.4. The highest BCUT2D eigenvalue weighted by Gasteiger charge is 2.30. The molecule has 0 saturated carbocycles. The number of hydrogen-bond donors (Lipinski definition) is 3. The number of aliphatic hydroxyl groups excluding tert-OH is 1. The second-order valence-electron chi connectivity index (χ2n) is 25.5. The first-order valence-electron chi connectivity index (χ1n) is 39.7. The Morgan fingerprint density at radius 2 is 0.481 bits per heavy atom. The Morgan fingerprint density at radius 1 is 0.264 bits per heavy atom. The van der Waals surface area contributed by atoms with E-state index in [2.05, 4.69) is 198 Å². The SMILES string of the molecule is CC/C=C\C/C=C\C/C=C\C/C=C\C/C=C\C/C=C\CCC(=O)OCC(COP(=O)(O)OCC(O)COP(=O)(O)OCC(COC(=O)CCCCCCCCC/C=C\C/C=C\C/C=C\CC)OC(=O)CCCCCCC/C=C\C/C=C\C/C=C\CC)OC(=O)CCCC/C=C\C/C=C\C/C=C\C/C=C\CC. The lowest BCUT2D eigenvalue weighted by Crippen LogP contribution is -2.30. The van der Waals surface area contributed by atoms with E-state index in [1.807, 2.05) is 24.3 Å². The monoisotopic (exact) mass is 1520 g/mol. The molecular weight excluding hydrogens is 1380 g/mol. The Labute approximate surface area is 640 Å². The lowest BCUT2D eigenvalue weighted by Gasteiger charge is -2.21. The number of ether oxygens (including phenoxy) is 4. The van der Waals surface area contributed by atoms with Crippen LogP contribution >= 0.6 is 15.6 Å². The van der Waals surface area contributed by atoms with Crippen LogP contribution in [0, 0.1) is 0 Å². The lowest BCUT2D eigenvalue weighted by molar-refractivity contribution is -0.161. The number of allylic oxidation sites excluding steroid dienone is 32. The molecule has 598 valence electrons. The highest BCUT2D eigenvalue weighted by molar-refractivity contribution is 7.47. The zero-order valence-electron chi connectivity index (χ0n) is 65.3. The molecule has 0 aliphatic carbocycles. The highest BCUT2D eigenvalue weighted by Crippen LogP contribution is 2.45. The molecule has 0 aliphatic heterocycles. The van der Waals surface area contributed by atoms with Gasteiger partial charge in [0.15, 0.2) is 12.2 Å². The lowest BCUT2D eigenvalue weighted by atomic mass is 10.1. The van der Waals surface area contributed by atoms with Crippen molar-refractivity contribution in [3.05, 3.63) is 194 Å². The molecule has 0 fully saturated rings. The molecule has 5 atom stereocenters. The summed E-state index contributed by atoms with van der Waals surface area (Å²) in [7, 11) is -10.0. The minimum Gasteiger partial charge on any atom is -0.462 e. The van der Waals surface area contributed by atoms with Crippen LogP contribution in [0.4, 0.5) is 0 Å². The van der Waals surface area contributed by atoms with Gasteiger partial charge in [-0.1, -0.05) is 273 Å². The molecule has 17 nitrogen and oxygen atoms in total. The van der Waals surface area contributed by atoms with Crippen LogP contribution < -0.4 is 0 Å². The average Bonchev–Trinajstić information content (AvgIpc) is 0.909. The molecule has 0 rings (SSSR count). The fourth-order valence-corrected chi connectivity index (χ4v) is 11.3. The van der Waals surface area contributed by atoms with Crippen LogP contribution in [0.1, 0.15) is 272 Å². The van der Waals surface area contributed by atoms with Gasteiger partial charge in [0.2, 0.25) is 0 Å². The number of carbonyl (C=O) groups is 4. The molecule has 0 heterocycles. The topological polar surface area (TPSA) is 237 Å². The molecule has 0 aromatic heterocycles. The van der Waals surface area contributed by atoms with E-state index in [1.54, 1.807) is 0 Å². The van der Waals surface area contributed by atoms with Gasteiger partial charge in [0.25, 0.3) is 0 Å². The van der Waals surface area contributed by atoms with Gasteiger partial charge in [-0.05, 0) is 167 Å². The Morgan fingerprint density at radius 3 is 0.783 bits per heavy atom. The van der Waals surface area contributed by atoms with E-state index in [1.165, 1.54) is 0 Å². The minimum absolute atomic E-state index is 0.0184. The maximum absolute atomic E-state index is 13.1. The van der Waals surface area contributed by atoms with Gasteiger partial charge in [0, 0.05) is 25.7 Å². The van der Waals surface area contributed by atoms with Crippen LogP contribution in [0.2, 0.25) is 0 Å². The van der Waals surface area contributed by atoms with Gasteiger partial charge in [0.05, 0.1) is 26.4 Å². The number of carbonyl (C=O) groups excluding carboxylic acids is 4. The molecular formula is C87H138O17P2. The summed E-state index contributed by atoms with van der Waals surface area (Å²) in [5.74, 6) is -2.37. The Hall–Kier alpha value is -6.10. The molecule has 0 aliphatic rings. The van der Waals surface area contributed by atoms with Crippen LogP contribution in [-0.4, -0.2) is 96.7 Å². The summed E-state index contributed by atoms with van der Waals surface area (Å²) >= 11 is 0. The third-order valence-electron chi connectivity index (χ3n) is 15.6. The number of hydrogen-bond acceptors (Lipinski definition) is 15. The van der Waals surface area contributed by atoms with Gasteiger partial charge in [-0.2, -0.15) is 0 Å². The summed E-state index contributed by atoms with van der Waals surface area (Å²) in [6.45, 7) is 4.23. The summed E-state index contributed by atoms with van der Waals surface area (Å²) in [5.41, 5.74) is 0. The highest BCUT2D eigenvalue weighted by atomic mass is 31.2. The van der Waals surface area contributed by atoms with E-state index >= 15 is 0 Å². The van der Waals surface area contributed by atoms with Crippen molar-refractivity contribution in [1.82, 2.24) is 0 Å². The Kier molecular flexibility index (Phi) is 72.6. The molecule has 19 heteroatoms. The molecule has 0 bridgehead atoms. The Balaban J connectivity index is 5.50. The minimum atomic E-state index is -5.02. The van der Waals surface area contributed by atoms with Crippen molar-refractivity contribution in [3.63, 3.8) is 0 Å². The van der Waals surface area contributed by atoms with Crippen LogP contribution in [0.5, 0.6) is 0 Å². The maximum atomic E-state index is 13.1. The van der Waals surface area contributed by atoms with Crippen molar-refractivity contribution < 1.29 is 80.2 Å². The standard InChI is InChI=1S/C87H138O17P2/c1-5-9-13-17-21-25-29-33-37-39-40-42-46-48-52-56-60-64-68-72-85(90)98-78-83(104-87(92)74-70-66-62-58-54-50-44-36-32-28-24-20-16-12-8-4)80-102-106(95,96)100-76-81(88)75-99-105(93,94)101-79-82(103-86(91)73-69-65-61-57-53-49-43-35-31-27-23-19-15-11-7-3)77-97-84(89)71-67-63-59-55-51-47-45-41-38-34-30-26-22-18-14-10-6-2/h9-16,21-28,33-38,40,42-44,48,52,54,58,60,64,81-83,88H,5-8,17-20,29-32,39,41,45-47,49-51,53,55-57,59,61-63,65-80H2,1-4H3,(H,93,94)(H,95,96)/b13-9-,14-10-,15-11-,16-12-,25-21-,26-22-,27-23-,28-24-,37-33-,38-34-,42-40-,43-35-,44-36-,52-48-,58-54-,64-60-. The molecule has 0 saturated heterocycles. The predicted octanol–water partition coefficient (Wildman–Crippen LogP) is 23.3. The van der Waals surface area contributed by atoms with E-state index in [0.717, 1.165) is 180 Å². The van der Waals surface area contributed by atoms with Gasteiger partial charge >= 0.3 is 39.5 Å². The molecule has 0 radical (unpaired) electrons. The number of aliphatic hydroxyl groups is 1. The largest absolute Gasteiger partial charge is 0.472 e. The van der Waals surface area contributed by atoms with Crippen molar-refractivity contribution in [2.24, 2.45) is 0 Å². The van der Waals surface area contributed by atoms with Crippen molar-refractivity contribution in [2.45, 2.75) is 290 Å². The van der Waals surface area contributed by atoms with E-state index in [0.29, 0.717) is 38.5 Å². The molecule has 106 heavy (non-hydrogen) atoms. The fraction of sp³-hybridized carbons (Fsp3) is 0.586. The average molecular weight is 1520 g/mol. The van der Waals surface area contributed by atoms with Crippen LogP contribution in [-0.2, 0) is 65.4 Å². The summed E-state index contributed by atoms with van der Waals surface area (Å²) < 4.78 is 68.5. The molecule has 5 unspecified atom stereocenters. The van der Waals surface area contributed by atoms with E-state index < -0.39 is 97.5 Å². The molecule has 0 amide bonds. The van der Waals surface area contributed by atoms with E-state index in [9.17, 15) is 43.2 Å². The van der Waals surface area contributed by atoms with Crippen LogP contribution in [0.15, 0.2) is 194 Å².